The van der Waals surface area contributed by atoms with Crippen molar-refractivity contribution in [3.8, 4) is 0 Å². The second-order valence-corrected chi connectivity index (χ2v) is 7.06. The Hall–Kier alpha value is -3.37. The molecule has 30 heavy (non-hydrogen) atoms. The van der Waals surface area contributed by atoms with Crippen LogP contribution < -0.4 is 5.32 Å². The number of carbonyl (C=O) groups is 2. The minimum atomic E-state index is -0.387. The van der Waals surface area contributed by atoms with Crippen LogP contribution in [0.2, 0.25) is 5.02 Å². The van der Waals surface area contributed by atoms with Crippen molar-refractivity contribution in [1.29, 1.82) is 0 Å². The Morgan fingerprint density at radius 3 is 2.33 bits per heavy atom. The van der Waals surface area contributed by atoms with Gasteiger partial charge in [0.1, 0.15) is 0 Å². The molecule has 3 aromatic rings. The van der Waals surface area contributed by atoms with Crippen molar-refractivity contribution >= 4 is 40.8 Å². The summed E-state index contributed by atoms with van der Waals surface area (Å²) in [6, 6.07) is 21.8. The second-order valence-electron chi connectivity index (χ2n) is 6.65. The van der Waals surface area contributed by atoms with Crippen LogP contribution in [0, 0.1) is 6.92 Å². The Bertz CT molecular complexity index is 1090. The predicted molar refractivity (Wildman–Crippen MR) is 122 cm³/mol. The van der Waals surface area contributed by atoms with Crippen molar-refractivity contribution < 1.29 is 14.3 Å². The number of anilines is 1. The van der Waals surface area contributed by atoms with Crippen LogP contribution in [0.15, 0.2) is 72.8 Å². The third-order valence-corrected chi connectivity index (χ3v) is 4.86. The molecule has 3 rings (SSSR count). The molecule has 3 aromatic carbocycles. The lowest BCUT2D eigenvalue weighted by molar-refractivity contribution is -0.111. The number of halogens is 1. The number of hydrogen-bond acceptors (Lipinski definition) is 3. The molecule has 0 aromatic heterocycles. The number of amides is 1. The summed E-state index contributed by atoms with van der Waals surface area (Å²) in [4.78, 5) is 25.1. The number of aryl methyl sites for hydroxylation is 1. The van der Waals surface area contributed by atoms with Gasteiger partial charge in [0.15, 0.2) is 0 Å². The summed E-state index contributed by atoms with van der Waals surface area (Å²) in [7, 11) is 0. The second kappa shape index (κ2) is 9.90. The molecule has 0 fully saturated rings. The van der Waals surface area contributed by atoms with Crippen molar-refractivity contribution in [2.45, 2.75) is 13.8 Å². The first-order valence-corrected chi connectivity index (χ1v) is 9.98. The van der Waals surface area contributed by atoms with Crippen LogP contribution in [0.5, 0.6) is 0 Å². The lowest BCUT2D eigenvalue weighted by atomic mass is 10.0. The SMILES string of the molecule is CCOC(=O)c1ccc(NC(=O)/C(=C/c2ccccc2Cl)c2ccccc2)c(C)c1. The van der Waals surface area contributed by atoms with Crippen LogP contribution in [0.3, 0.4) is 0 Å². The maximum atomic E-state index is 13.2. The zero-order valence-electron chi connectivity index (χ0n) is 16.8. The highest BCUT2D eigenvalue weighted by atomic mass is 35.5. The quantitative estimate of drug-likeness (QED) is 0.302. The molecule has 152 valence electrons. The highest BCUT2D eigenvalue weighted by Crippen LogP contribution is 2.25. The van der Waals surface area contributed by atoms with Crippen LogP contribution >= 0.6 is 11.6 Å². The molecular formula is C25H22ClNO3. The van der Waals surface area contributed by atoms with Crippen molar-refractivity contribution in [3.63, 3.8) is 0 Å². The predicted octanol–water partition coefficient (Wildman–Crippen LogP) is 6.00. The van der Waals surface area contributed by atoms with E-state index < -0.39 is 0 Å². The largest absolute Gasteiger partial charge is 0.462 e. The monoisotopic (exact) mass is 419 g/mol. The lowest BCUT2D eigenvalue weighted by Gasteiger charge is -2.13. The summed E-state index contributed by atoms with van der Waals surface area (Å²) in [6.07, 6.45) is 1.77. The van der Waals surface area contributed by atoms with Gasteiger partial charge < -0.3 is 10.1 Å². The standard InChI is InChI=1S/C25H22ClNO3/c1-3-30-25(29)20-13-14-23(17(2)15-20)27-24(28)21(18-9-5-4-6-10-18)16-19-11-7-8-12-22(19)26/h4-16H,3H2,1-2H3,(H,27,28)/b21-16+. The molecule has 4 nitrogen and oxygen atoms in total. The fraction of sp³-hybridized carbons (Fsp3) is 0.120. The molecule has 0 bridgehead atoms. The van der Waals surface area contributed by atoms with Gasteiger partial charge in [0, 0.05) is 16.3 Å². The zero-order valence-corrected chi connectivity index (χ0v) is 17.6. The fourth-order valence-corrected chi connectivity index (χ4v) is 3.17. The van der Waals surface area contributed by atoms with E-state index in [1.54, 1.807) is 37.3 Å². The highest BCUT2D eigenvalue weighted by Gasteiger charge is 2.15. The van der Waals surface area contributed by atoms with Crippen LogP contribution in [-0.2, 0) is 9.53 Å². The van der Waals surface area contributed by atoms with Gasteiger partial charge in [-0.15, -0.1) is 0 Å². The molecule has 5 heteroatoms. The van der Waals surface area contributed by atoms with Crippen LogP contribution in [0.4, 0.5) is 5.69 Å². The van der Waals surface area contributed by atoms with Crippen LogP contribution in [0.25, 0.3) is 11.6 Å². The molecule has 0 heterocycles. The number of esters is 1. The number of carbonyl (C=O) groups excluding carboxylic acids is 2. The third-order valence-electron chi connectivity index (χ3n) is 4.52. The molecule has 0 aliphatic rings. The first-order valence-electron chi connectivity index (χ1n) is 9.60. The molecule has 1 N–H and O–H groups in total. The van der Waals surface area contributed by atoms with Gasteiger partial charge in [0.2, 0.25) is 0 Å². The van der Waals surface area contributed by atoms with E-state index in [0.29, 0.717) is 28.5 Å². The number of hydrogen-bond donors (Lipinski definition) is 1. The fourth-order valence-electron chi connectivity index (χ4n) is 2.98. The van der Waals surface area contributed by atoms with E-state index in [9.17, 15) is 9.59 Å². The van der Waals surface area contributed by atoms with Gasteiger partial charge >= 0.3 is 5.97 Å². The van der Waals surface area contributed by atoms with E-state index in [-0.39, 0.29) is 11.9 Å². The molecule has 0 aliphatic carbocycles. The first-order chi connectivity index (χ1) is 14.5. The van der Waals surface area contributed by atoms with E-state index in [2.05, 4.69) is 5.32 Å². The molecule has 0 unspecified atom stereocenters. The van der Waals surface area contributed by atoms with E-state index in [1.807, 2.05) is 55.5 Å². The normalized spacial score (nSPS) is 11.1. The van der Waals surface area contributed by atoms with Gasteiger partial charge in [0.25, 0.3) is 5.91 Å². The molecular weight excluding hydrogens is 398 g/mol. The minimum Gasteiger partial charge on any atom is -0.462 e. The Labute approximate surface area is 181 Å². The lowest BCUT2D eigenvalue weighted by Crippen LogP contribution is -2.15. The maximum Gasteiger partial charge on any atom is 0.338 e. The number of nitrogens with one attached hydrogen (secondary N) is 1. The summed E-state index contributed by atoms with van der Waals surface area (Å²) < 4.78 is 5.03. The van der Waals surface area contributed by atoms with E-state index in [0.717, 1.165) is 16.7 Å². The van der Waals surface area contributed by atoms with E-state index in [1.165, 1.54) is 0 Å². The number of ether oxygens (including phenoxy) is 1. The summed E-state index contributed by atoms with van der Waals surface area (Å²) in [5.74, 6) is -0.657. The summed E-state index contributed by atoms with van der Waals surface area (Å²) in [5.41, 5.74) is 3.84. The first kappa shape index (κ1) is 21.3. The molecule has 0 spiro atoms. The van der Waals surface area contributed by atoms with Gasteiger partial charge in [0.05, 0.1) is 12.2 Å². The Morgan fingerprint density at radius 1 is 0.967 bits per heavy atom. The number of rotatable bonds is 6. The van der Waals surface area contributed by atoms with Crippen molar-refractivity contribution in [1.82, 2.24) is 0 Å². The van der Waals surface area contributed by atoms with Gasteiger partial charge in [-0.1, -0.05) is 60.1 Å². The van der Waals surface area contributed by atoms with Gasteiger partial charge in [-0.3, -0.25) is 4.79 Å². The topological polar surface area (TPSA) is 55.4 Å². The van der Waals surface area contributed by atoms with Crippen LogP contribution in [-0.4, -0.2) is 18.5 Å². The summed E-state index contributed by atoms with van der Waals surface area (Å²) in [6.45, 7) is 3.90. The maximum absolute atomic E-state index is 13.2. The third kappa shape index (κ3) is 5.16. The van der Waals surface area contributed by atoms with Crippen molar-refractivity contribution in [2.75, 3.05) is 11.9 Å². The molecule has 0 atom stereocenters. The summed E-state index contributed by atoms with van der Waals surface area (Å²) >= 11 is 6.30. The summed E-state index contributed by atoms with van der Waals surface area (Å²) in [5, 5.41) is 3.51. The minimum absolute atomic E-state index is 0.270. The Balaban J connectivity index is 1.93. The van der Waals surface area contributed by atoms with Gasteiger partial charge in [-0.2, -0.15) is 0 Å². The van der Waals surface area contributed by atoms with E-state index >= 15 is 0 Å². The Morgan fingerprint density at radius 2 is 1.67 bits per heavy atom. The molecule has 0 saturated carbocycles. The zero-order chi connectivity index (χ0) is 21.5. The Kier molecular flexibility index (Phi) is 7.04. The van der Waals surface area contributed by atoms with Gasteiger partial charge in [-0.05, 0) is 60.9 Å². The molecule has 0 radical (unpaired) electrons. The molecule has 1 amide bonds. The van der Waals surface area contributed by atoms with Crippen molar-refractivity contribution in [3.05, 3.63) is 100 Å². The smallest absolute Gasteiger partial charge is 0.338 e. The van der Waals surface area contributed by atoms with E-state index in [4.69, 9.17) is 16.3 Å². The van der Waals surface area contributed by atoms with Crippen LogP contribution in [0.1, 0.15) is 34.0 Å². The number of benzene rings is 3. The average Bonchev–Trinajstić information content (AvgIpc) is 2.75. The highest BCUT2D eigenvalue weighted by molar-refractivity contribution is 6.34. The molecule has 0 aliphatic heterocycles. The molecule has 0 saturated heterocycles. The average molecular weight is 420 g/mol. The van der Waals surface area contributed by atoms with Crippen molar-refractivity contribution in [2.24, 2.45) is 0 Å². The van der Waals surface area contributed by atoms with Gasteiger partial charge in [-0.25, -0.2) is 4.79 Å².